The summed E-state index contributed by atoms with van der Waals surface area (Å²) in [6.07, 6.45) is -2.76. The normalized spacial score (nSPS) is 27.2. The molecule has 0 amide bonds. The fourth-order valence-electron chi connectivity index (χ4n) is 4.08. The van der Waals surface area contributed by atoms with Crippen molar-refractivity contribution in [2.24, 2.45) is 0 Å². The summed E-state index contributed by atoms with van der Waals surface area (Å²) in [5.74, 6) is -2.72. The van der Waals surface area contributed by atoms with Gasteiger partial charge in [-0.1, -0.05) is 18.2 Å². The number of hydrogen-bond acceptors (Lipinski definition) is 11. The lowest BCUT2D eigenvalue weighted by Gasteiger charge is -2.30. The van der Waals surface area contributed by atoms with Gasteiger partial charge in [-0.3, -0.25) is 9.36 Å². The lowest BCUT2D eigenvalue weighted by atomic mass is 9.97. The molecule has 0 unspecified atom stereocenters. The first-order valence-corrected chi connectivity index (χ1v) is 14.4. The molecule has 39 heavy (non-hydrogen) atoms. The number of para-hydroxylation sites is 1. The van der Waals surface area contributed by atoms with Crippen molar-refractivity contribution in [3.8, 4) is 5.75 Å². The molecule has 212 valence electrons. The molecule has 12 nitrogen and oxygen atoms in total. The highest BCUT2D eigenvalue weighted by Crippen LogP contribution is 2.52. The molecule has 0 bridgehead atoms. The van der Waals surface area contributed by atoms with E-state index in [1.807, 2.05) is 0 Å². The molecule has 6 atom stereocenters. The van der Waals surface area contributed by atoms with Crippen LogP contribution in [-0.4, -0.2) is 75.0 Å². The standard InChI is InChI=1S/C23H29F2N6O6PS/c1-13(19(32)34-5)30-38(39,37-15-9-7-6-8-10-15)35-11-23(25)20(33)22(3,24)21(36-23)31-12-27-16-17(26-4)28-14(2)29-18(16)31/h6-10,12-13,20-21,33H,11H2,1-5H3,(H,30,39)(H,26,28,29)/t13-,20-,21+,22+,23+,38-/m0/s1. The van der Waals surface area contributed by atoms with Crippen molar-refractivity contribution < 1.29 is 37.2 Å². The van der Waals surface area contributed by atoms with Crippen molar-refractivity contribution in [3.05, 3.63) is 42.5 Å². The number of aliphatic hydroxyl groups excluding tert-OH is 1. The van der Waals surface area contributed by atoms with Crippen molar-refractivity contribution in [1.29, 1.82) is 0 Å². The van der Waals surface area contributed by atoms with E-state index in [2.05, 4.69) is 25.4 Å². The third kappa shape index (κ3) is 5.74. The first-order chi connectivity index (χ1) is 18.3. The van der Waals surface area contributed by atoms with E-state index in [1.54, 1.807) is 44.3 Å². The van der Waals surface area contributed by atoms with Gasteiger partial charge in [0.15, 0.2) is 35.0 Å². The first-order valence-electron chi connectivity index (χ1n) is 11.8. The predicted octanol–water partition coefficient (Wildman–Crippen LogP) is 2.93. The number of benzene rings is 1. The number of hydrogen-bond donors (Lipinski definition) is 3. The number of imidazole rings is 1. The maximum Gasteiger partial charge on any atom is 0.323 e. The molecule has 3 aromatic rings. The minimum Gasteiger partial charge on any atom is -0.468 e. The van der Waals surface area contributed by atoms with E-state index >= 15 is 8.78 Å². The van der Waals surface area contributed by atoms with Crippen molar-refractivity contribution in [1.82, 2.24) is 24.6 Å². The number of esters is 1. The van der Waals surface area contributed by atoms with Crippen LogP contribution in [0.3, 0.4) is 0 Å². The van der Waals surface area contributed by atoms with Gasteiger partial charge in [0, 0.05) is 7.05 Å². The molecule has 1 aromatic carbocycles. The average molecular weight is 587 g/mol. The van der Waals surface area contributed by atoms with E-state index in [9.17, 15) is 9.90 Å². The Morgan fingerprint density at radius 2 is 2.03 bits per heavy atom. The fraction of sp³-hybridized carbons (Fsp3) is 0.478. The number of halogens is 2. The van der Waals surface area contributed by atoms with Gasteiger partial charge in [0.25, 0.3) is 5.85 Å². The second-order valence-corrected chi connectivity index (χ2v) is 12.2. The van der Waals surface area contributed by atoms with Crippen LogP contribution in [0.5, 0.6) is 5.75 Å². The average Bonchev–Trinajstić information content (AvgIpc) is 3.39. The number of carbonyl (C=O) groups is 1. The van der Waals surface area contributed by atoms with Crippen molar-refractivity contribution in [2.45, 2.75) is 50.7 Å². The molecule has 4 rings (SSSR count). The van der Waals surface area contributed by atoms with E-state index in [1.165, 1.54) is 24.9 Å². The Kier molecular flexibility index (Phi) is 8.22. The zero-order valence-electron chi connectivity index (χ0n) is 21.8. The number of alkyl halides is 2. The second kappa shape index (κ2) is 11.0. The largest absolute Gasteiger partial charge is 0.468 e. The number of aromatic nitrogens is 4. The maximum atomic E-state index is 16.2. The van der Waals surface area contributed by atoms with Gasteiger partial charge < -0.3 is 28.9 Å². The zero-order valence-corrected chi connectivity index (χ0v) is 23.5. The summed E-state index contributed by atoms with van der Waals surface area (Å²) in [5, 5.41) is 16.4. The Morgan fingerprint density at radius 1 is 1.33 bits per heavy atom. The third-order valence-electron chi connectivity index (χ3n) is 6.06. The van der Waals surface area contributed by atoms with Gasteiger partial charge >= 0.3 is 12.6 Å². The minimum atomic E-state index is -3.68. The Hall–Kier alpha value is -2.81. The molecule has 1 fully saturated rings. The highest BCUT2D eigenvalue weighted by Gasteiger charge is 2.65. The SMILES string of the molecule is CNc1nc(C)nc2c1ncn2[C@@H]1O[C@](F)(CO[P@@](=S)(N[C@@H](C)C(=O)OC)Oc2ccccc2)[C@@H](O)[C@@]1(C)F. The predicted molar refractivity (Wildman–Crippen MR) is 141 cm³/mol. The minimum absolute atomic E-state index is 0.171. The number of nitrogens with zero attached hydrogens (tertiary/aromatic N) is 4. The Bertz CT molecular complexity index is 1400. The molecule has 1 aliphatic rings. The summed E-state index contributed by atoms with van der Waals surface area (Å²) in [6, 6.07) is 7.29. The van der Waals surface area contributed by atoms with Gasteiger partial charge in [0.05, 0.1) is 13.4 Å². The van der Waals surface area contributed by atoms with Gasteiger partial charge in [-0.15, -0.1) is 0 Å². The van der Waals surface area contributed by atoms with Crippen LogP contribution >= 0.6 is 6.64 Å². The quantitative estimate of drug-likeness (QED) is 0.238. The molecule has 0 spiro atoms. The number of nitrogens with one attached hydrogen (secondary N) is 2. The topological polar surface area (TPSA) is 142 Å². The maximum absolute atomic E-state index is 16.2. The Labute approximate surface area is 228 Å². The second-order valence-electron chi connectivity index (χ2n) is 9.05. The van der Waals surface area contributed by atoms with Gasteiger partial charge in [-0.2, -0.15) is 0 Å². The summed E-state index contributed by atoms with van der Waals surface area (Å²) in [4.78, 5) is 24.8. The number of methoxy groups -OCH3 is 1. The molecule has 16 heteroatoms. The van der Waals surface area contributed by atoms with Gasteiger partial charge in [-0.05, 0) is 44.7 Å². The van der Waals surface area contributed by atoms with Gasteiger partial charge in [0.1, 0.15) is 24.2 Å². The molecule has 0 radical (unpaired) electrons. The van der Waals surface area contributed by atoms with E-state index in [0.717, 1.165) is 6.92 Å². The van der Waals surface area contributed by atoms with Crippen LogP contribution in [0.25, 0.3) is 11.2 Å². The number of ether oxygens (including phenoxy) is 2. The summed E-state index contributed by atoms with van der Waals surface area (Å²) < 4.78 is 55.0. The Balaban J connectivity index is 1.62. The van der Waals surface area contributed by atoms with Gasteiger partial charge in [0.2, 0.25) is 0 Å². The van der Waals surface area contributed by atoms with Crippen LogP contribution in [0, 0.1) is 6.92 Å². The summed E-state index contributed by atoms with van der Waals surface area (Å²) in [6.45, 7) is -0.629. The molecule has 1 aliphatic heterocycles. The number of aliphatic hydroxyl groups is 1. The molecule has 1 saturated heterocycles. The number of anilines is 1. The van der Waals surface area contributed by atoms with Crippen LogP contribution in [-0.2, 0) is 30.6 Å². The lowest BCUT2D eigenvalue weighted by molar-refractivity contribution is -0.202. The zero-order chi connectivity index (χ0) is 28.6. The molecule has 0 saturated carbocycles. The molecule has 0 aliphatic carbocycles. The number of fused-ring (bicyclic) bond motifs is 1. The van der Waals surface area contributed by atoms with E-state index < -0.39 is 49.1 Å². The van der Waals surface area contributed by atoms with Crippen LogP contribution < -0.4 is 14.9 Å². The monoisotopic (exact) mass is 586 g/mol. The van der Waals surface area contributed by atoms with Crippen molar-refractivity contribution >= 4 is 41.4 Å². The lowest BCUT2D eigenvalue weighted by Crippen LogP contribution is -2.47. The highest BCUT2D eigenvalue weighted by molar-refractivity contribution is 8.09. The van der Waals surface area contributed by atoms with E-state index in [0.29, 0.717) is 17.2 Å². The van der Waals surface area contributed by atoms with Crippen LogP contribution in [0.15, 0.2) is 36.7 Å². The first kappa shape index (κ1) is 29.2. The smallest absolute Gasteiger partial charge is 0.323 e. The number of carbonyl (C=O) groups excluding carboxylic acids is 1. The van der Waals surface area contributed by atoms with E-state index in [4.69, 9.17) is 30.3 Å². The number of rotatable bonds is 10. The van der Waals surface area contributed by atoms with Crippen LogP contribution in [0.4, 0.5) is 14.6 Å². The molecule has 3 N–H and O–H groups in total. The molecular formula is C23H29F2N6O6PS. The summed E-state index contributed by atoms with van der Waals surface area (Å²) in [5.41, 5.74) is -2.18. The van der Waals surface area contributed by atoms with Crippen LogP contribution in [0.2, 0.25) is 0 Å². The molecule has 3 heterocycles. The van der Waals surface area contributed by atoms with E-state index in [-0.39, 0.29) is 11.4 Å². The number of aryl methyl sites for hydroxylation is 1. The fourth-order valence-corrected chi connectivity index (χ4v) is 6.48. The molecular weight excluding hydrogens is 557 g/mol. The van der Waals surface area contributed by atoms with Crippen LogP contribution in [0.1, 0.15) is 25.9 Å². The Morgan fingerprint density at radius 3 is 2.67 bits per heavy atom. The highest BCUT2D eigenvalue weighted by atomic mass is 32.5. The summed E-state index contributed by atoms with van der Waals surface area (Å²) in [7, 11) is 2.83. The molecule has 2 aromatic heterocycles. The van der Waals surface area contributed by atoms with Gasteiger partial charge in [-0.25, -0.2) is 28.8 Å². The van der Waals surface area contributed by atoms with Crippen molar-refractivity contribution in [3.63, 3.8) is 0 Å². The third-order valence-corrected chi connectivity index (χ3v) is 8.54. The summed E-state index contributed by atoms with van der Waals surface area (Å²) >= 11 is 5.53. The van der Waals surface area contributed by atoms with Crippen molar-refractivity contribution in [2.75, 3.05) is 26.1 Å².